The van der Waals surface area contributed by atoms with Gasteiger partial charge in [0.05, 0.1) is 72.2 Å². The summed E-state index contributed by atoms with van der Waals surface area (Å²) in [6, 6.07) is 23.0. The van der Waals surface area contributed by atoms with E-state index < -0.39 is 0 Å². The number of methoxy groups -OCH3 is 1. The van der Waals surface area contributed by atoms with E-state index in [4.69, 9.17) is 19.3 Å². The Morgan fingerprint density at radius 2 is 1.36 bits per heavy atom. The SMILES string of the molecule is CO[C@H]1CC[C@H](C(=O)N2Cc3cccnc3N(O[C@H]3CC[C@H](C(=O)N4Cc5cccnc5Nc5ccc(N6CC(C#N)C6)cc54)CC3)c3ccc(N4CC5(CC(OC(C)C)C5)C4)cc32)CC1. The van der Waals surface area contributed by atoms with Gasteiger partial charge in [-0.2, -0.15) is 5.26 Å². The number of nitrogens with zero attached hydrogens (tertiary/aromatic N) is 8. The van der Waals surface area contributed by atoms with E-state index in [1.165, 1.54) is 0 Å². The second-order valence-electron chi connectivity index (χ2n) is 20.2. The first-order valence-corrected chi connectivity index (χ1v) is 24.2. The minimum Gasteiger partial charge on any atom is -0.381 e. The van der Waals surface area contributed by atoms with Crippen LogP contribution in [0.5, 0.6) is 0 Å². The lowest BCUT2D eigenvalue weighted by Gasteiger charge is -2.60. The lowest BCUT2D eigenvalue weighted by atomic mass is 9.61. The highest BCUT2D eigenvalue weighted by Crippen LogP contribution is 2.53. The molecule has 344 valence electrons. The predicted octanol–water partition coefficient (Wildman–Crippen LogP) is 8.80. The standard InChI is InChI=1S/C52H61N9O5/c1-33(2)65-43-24-52(25-43)31-58(32-52)40-13-19-45-47(23-40)60(51(63)35-8-14-41(64-3)15-9-35)30-38-7-5-21-55-49(38)61(45)66-42-16-10-36(11-17-42)50(62)59-29-37-6-4-20-54-48(37)56-44-18-12-39(22-46(44)59)57-27-34(26-53)28-57/h4-7,12-13,18-23,33-36,41-43H,8-11,14-17,24-25,27-32H2,1-3H3,(H,54,56)/t35-,36-,41-,42-. The molecule has 0 radical (unpaired) electrons. The summed E-state index contributed by atoms with van der Waals surface area (Å²) in [5.74, 6) is 1.41. The van der Waals surface area contributed by atoms with Crippen LogP contribution in [0.2, 0.25) is 0 Å². The molecular weight excluding hydrogens is 831 g/mol. The van der Waals surface area contributed by atoms with Gasteiger partial charge in [0.15, 0.2) is 5.82 Å². The fraction of sp³-hybridized carbons (Fsp3) is 0.519. The average Bonchev–Trinajstić information content (AvgIpc) is 3.55. The maximum absolute atomic E-state index is 14.8. The van der Waals surface area contributed by atoms with Crippen molar-refractivity contribution in [2.45, 2.75) is 116 Å². The molecule has 1 N–H and O–H groups in total. The monoisotopic (exact) mass is 891 g/mol. The zero-order chi connectivity index (χ0) is 45.1. The van der Waals surface area contributed by atoms with Crippen molar-refractivity contribution < 1.29 is 23.9 Å². The van der Waals surface area contributed by atoms with Gasteiger partial charge in [-0.25, -0.2) is 15.0 Å². The summed E-state index contributed by atoms with van der Waals surface area (Å²) >= 11 is 0. The molecule has 2 amide bonds. The van der Waals surface area contributed by atoms with Crippen LogP contribution in [0.4, 0.5) is 45.8 Å². The number of carbonyl (C=O) groups excluding carboxylic acids is 2. The Morgan fingerprint density at radius 1 is 0.742 bits per heavy atom. The van der Waals surface area contributed by atoms with Crippen molar-refractivity contribution in [1.82, 2.24) is 9.97 Å². The highest BCUT2D eigenvalue weighted by molar-refractivity contribution is 6.01. The maximum Gasteiger partial charge on any atom is 0.230 e. The Morgan fingerprint density at radius 3 is 2.06 bits per heavy atom. The number of fused-ring (bicyclic) bond motifs is 4. The van der Waals surface area contributed by atoms with Gasteiger partial charge in [0.1, 0.15) is 5.82 Å². The maximum atomic E-state index is 14.8. The molecular formula is C52H61N9O5. The molecule has 1 spiro atoms. The molecule has 3 aliphatic carbocycles. The third-order valence-electron chi connectivity index (χ3n) is 15.4. The summed E-state index contributed by atoms with van der Waals surface area (Å²) < 4.78 is 11.8. The van der Waals surface area contributed by atoms with E-state index in [-0.39, 0.29) is 47.9 Å². The summed E-state index contributed by atoms with van der Waals surface area (Å²) in [5, 5.41) is 14.8. The molecule has 0 unspecified atom stereocenters. The normalized spacial score (nSPS) is 24.6. The van der Waals surface area contributed by atoms with Crippen LogP contribution in [0.3, 0.4) is 0 Å². The highest BCUT2D eigenvalue weighted by Gasteiger charge is 2.53. The summed E-state index contributed by atoms with van der Waals surface area (Å²) in [6.45, 7) is 8.35. The number of ether oxygens (including phenoxy) is 2. The van der Waals surface area contributed by atoms with Crippen molar-refractivity contribution in [1.29, 1.82) is 5.26 Å². The lowest BCUT2D eigenvalue weighted by Crippen LogP contribution is -2.64. The molecule has 5 fully saturated rings. The third-order valence-corrected chi connectivity index (χ3v) is 15.4. The number of anilines is 8. The van der Waals surface area contributed by atoms with Crippen molar-refractivity contribution in [3.63, 3.8) is 0 Å². The van der Waals surface area contributed by atoms with Crippen LogP contribution in [0.1, 0.15) is 89.2 Å². The van der Waals surface area contributed by atoms with Gasteiger partial charge in [0.25, 0.3) is 0 Å². The first kappa shape index (κ1) is 42.9. The topological polar surface area (TPSA) is 140 Å². The fourth-order valence-electron chi connectivity index (χ4n) is 11.7. The summed E-state index contributed by atoms with van der Waals surface area (Å²) in [4.78, 5) is 54.9. The Labute approximate surface area is 387 Å². The van der Waals surface area contributed by atoms with Crippen molar-refractivity contribution in [3.05, 3.63) is 84.2 Å². The molecule has 4 aromatic rings. The number of hydrogen-bond donors (Lipinski definition) is 1. The first-order chi connectivity index (χ1) is 32.1. The zero-order valence-corrected chi connectivity index (χ0v) is 38.4. The number of hydrogen-bond acceptors (Lipinski definition) is 12. The number of carbonyl (C=O) groups is 2. The van der Waals surface area contributed by atoms with E-state index in [2.05, 4.69) is 76.4 Å². The van der Waals surface area contributed by atoms with Gasteiger partial charge in [-0.3, -0.25) is 14.4 Å². The molecule has 2 aromatic carbocycles. The van der Waals surface area contributed by atoms with Gasteiger partial charge in [-0.05, 0) is 127 Å². The first-order valence-electron chi connectivity index (χ1n) is 24.2. The van der Waals surface area contributed by atoms with Crippen LogP contribution in [-0.2, 0) is 37.0 Å². The average molecular weight is 892 g/mol. The molecule has 2 aromatic heterocycles. The number of nitrogens with one attached hydrogen (secondary N) is 1. The van der Waals surface area contributed by atoms with Crippen molar-refractivity contribution in [3.8, 4) is 6.07 Å². The quantitative estimate of drug-likeness (QED) is 0.172. The minimum absolute atomic E-state index is 0.0201. The molecule has 0 bridgehead atoms. The molecule has 0 atom stereocenters. The van der Waals surface area contributed by atoms with E-state index in [0.29, 0.717) is 69.2 Å². The van der Waals surface area contributed by atoms with Crippen LogP contribution in [0.25, 0.3) is 0 Å². The molecule has 14 nitrogen and oxygen atoms in total. The number of amides is 2. The molecule has 4 aliphatic heterocycles. The molecule has 7 aliphatic rings. The molecule has 6 heterocycles. The lowest BCUT2D eigenvalue weighted by molar-refractivity contribution is -0.125. The Bertz CT molecular complexity index is 2510. The van der Waals surface area contributed by atoms with Gasteiger partial charge < -0.3 is 34.4 Å². The zero-order valence-electron chi connectivity index (χ0n) is 38.4. The van der Waals surface area contributed by atoms with Gasteiger partial charge in [-0.1, -0.05) is 12.1 Å². The van der Waals surface area contributed by atoms with Crippen molar-refractivity contribution >= 4 is 57.6 Å². The second kappa shape index (κ2) is 17.5. The number of aromatic nitrogens is 2. The Hall–Kier alpha value is -5.75. The summed E-state index contributed by atoms with van der Waals surface area (Å²) in [7, 11) is 1.77. The molecule has 2 saturated heterocycles. The van der Waals surface area contributed by atoms with Crippen molar-refractivity contribution in [2.75, 3.05) is 63.3 Å². The van der Waals surface area contributed by atoms with Gasteiger partial charge in [0, 0.05) is 85.4 Å². The van der Waals surface area contributed by atoms with Crippen LogP contribution >= 0.6 is 0 Å². The Balaban J connectivity index is 0.845. The van der Waals surface area contributed by atoms with Gasteiger partial charge in [0.2, 0.25) is 11.8 Å². The van der Waals surface area contributed by atoms with Crippen LogP contribution in [0.15, 0.2) is 73.1 Å². The smallest absolute Gasteiger partial charge is 0.230 e. The second-order valence-corrected chi connectivity index (χ2v) is 20.2. The van der Waals surface area contributed by atoms with E-state index in [0.717, 1.165) is 103 Å². The Kier molecular flexibility index (Phi) is 11.3. The van der Waals surface area contributed by atoms with Crippen molar-refractivity contribution in [2.24, 2.45) is 23.2 Å². The summed E-state index contributed by atoms with van der Waals surface area (Å²) in [5.41, 5.74) is 7.61. The highest BCUT2D eigenvalue weighted by atomic mass is 16.7. The fourth-order valence-corrected chi connectivity index (χ4v) is 11.7. The number of rotatable bonds is 9. The summed E-state index contributed by atoms with van der Waals surface area (Å²) in [6.07, 6.45) is 12.4. The van der Waals surface area contributed by atoms with E-state index >= 15 is 0 Å². The van der Waals surface area contributed by atoms with Crippen LogP contribution in [-0.4, -0.2) is 79.5 Å². The molecule has 66 heavy (non-hydrogen) atoms. The van der Waals surface area contributed by atoms with E-state index in [9.17, 15) is 14.9 Å². The van der Waals surface area contributed by atoms with Gasteiger partial charge >= 0.3 is 0 Å². The van der Waals surface area contributed by atoms with Gasteiger partial charge in [-0.15, -0.1) is 0 Å². The molecule has 11 rings (SSSR count). The molecule has 3 saturated carbocycles. The van der Waals surface area contributed by atoms with Crippen LogP contribution < -0.4 is 30.0 Å². The molecule has 14 heteroatoms. The van der Waals surface area contributed by atoms with E-state index in [1.54, 1.807) is 19.5 Å². The number of benzene rings is 2. The largest absolute Gasteiger partial charge is 0.381 e. The third kappa shape index (κ3) is 8.02. The number of pyridine rings is 2. The predicted molar refractivity (Wildman–Crippen MR) is 254 cm³/mol. The number of nitriles is 1. The van der Waals surface area contributed by atoms with Crippen LogP contribution in [0, 0.1) is 34.5 Å². The minimum atomic E-state index is -0.194. The van der Waals surface area contributed by atoms with E-state index in [1.807, 2.05) is 39.1 Å².